The summed E-state index contributed by atoms with van der Waals surface area (Å²) in [6.07, 6.45) is 3.39. The Morgan fingerprint density at radius 3 is 2.59 bits per heavy atom. The average Bonchev–Trinajstić information content (AvgIpc) is 3.09. The summed E-state index contributed by atoms with van der Waals surface area (Å²) in [5.41, 5.74) is 3.15. The van der Waals surface area contributed by atoms with Crippen LogP contribution in [0.3, 0.4) is 0 Å². The van der Waals surface area contributed by atoms with Gasteiger partial charge in [-0.1, -0.05) is 42.5 Å². The molecule has 0 spiro atoms. The first kappa shape index (κ1) is 15.3. The van der Waals surface area contributed by atoms with Gasteiger partial charge in [-0.15, -0.1) is 23.5 Å². The molecule has 0 saturated carbocycles. The Kier molecular flexibility index (Phi) is 5.24. The van der Waals surface area contributed by atoms with E-state index in [4.69, 9.17) is 0 Å². The summed E-state index contributed by atoms with van der Waals surface area (Å²) in [5, 5.41) is 2.93. The minimum absolute atomic E-state index is 0.104. The summed E-state index contributed by atoms with van der Waals surface area (Å²) in [6.45, 7) is 0. The molecule has 1 amide bonds. The van der Waals surface area contributed by atoms with Crippen molar-refractivity contribution in [2.45, 2.75) is 4.58 Å². The maximum Gasteiger partial charge on any atom is 0.248 e. The molecule has 0 unspecified atom stereocenters. The van der Waals surface area contributed by atoms with E-state index in [0.29, 0.717) is 4.58 Å². The Morgan fingerprint density at radius 2 is 1.82 bits per heavy atom. The zero-order valence-corrected chi connectivity index (χ0v) is 13.7. The van der Waals surface area contributed by atoms with Gasteiger partial charge in [-0.2, -0.15) is 0 Å². The van der Waals surface area contributed by atoms with Gasteiger partial charge in [-0.05, 0) is 29.3 Å². The zero-order valence-electron chi connectivity index (χ0n) is 12.1. The van der Waals surface area contributed by atoms with Crippen molar-refractivity contribution < 1.29 is 4.79 Å². The van der Waals surface area contributed by atoms with Crippen molar-refractivity contribution in [1.82, 2.24) is 0 Å². The molecule has 0 bridgehead atoms. The molecular formula is C18H17NOS2. The van der Waals surface area contributed by atoms with Gasteiger partial charge in [0.1, 0.15) is 0 Å². The van der Waals surface area contributed by atoms with E-state index in [1.807, 2.05) is 72.1 Å². The molecule has 1 heterocycles. The predicted octanol–water partition coefficient (Wildman–Crippen LogP) is 4.82. The highest BCUT2D eigenvalue weighted by Gasteiger charge is 2.18. The Bertz CT molecular complexity index is 664. The standard InChI is InChI=1S/C18H17NOS2/c20-17(10-9-14-5-2-1-3-6-14)19-16-8-4-7-15(13-16)18-21-11-12-22-18/h1-10,13,18H,11-12H2,(H,19,20)/b10-9+. The maximum atomic E-state index is 12.0. The molecule has 1 N–H and O–H groups in total. The summed E-state index contributed by atoms with van der Waals surface area (Å²) < 4.78 is 0.497. The molecular weight excluding hydrogens is 310 g/mol. The molecule has 112 valence electrons. The van der Waals surface area contributed by atoms with Gasteiger partial charge < -0.3 is 5.32 Å². The molecule has 22 heavy (non-hydrogen) atoms. The highest BCUT2D eigenvalue weighted by atomic mass is 32.2. The summed E-state index contributed by atoms with van der Waals surface area (Å²) in [6, 6.07) is 18.0. The van der Waals surface area contributed by atoms with Crippen molar-refractivity contribution in [1.29, 1.82) is 0 Å². The van der Waals surface area contributed by atoms with Crippen molar-refractivity contribution in [3.63, 3.8) is 0 Å². The number of hydrogen-bond acceptors (Lipinski definition) is 3. The smallest absolute Gasteiger partial charge is 0.248 e. The van der Waals surface area contributed by atoms with Crippen LogP contribution in [0.15, 0.2) is 60.7 Å². The molecule has 2 nitrogen and oxygen atoms in total. The van der Waals surface area contributed by atoms with Crippen LogP contribution in [0, 0.1) is 0 Å². The molecule has 1 fully saturated rings. The van der Waals surface area contributed by atoms with Gasteiger partial charge in [0.25, 0.3) is 0 Å². The normalized spacial score (nSPS) is 15.3. The van der Waals surface area contributed by atoms with E-state index < -0.39 is 0 Å². The number of hydrogen-bond donors (Lipinski definition) is 1. The summed E-state index contributed by atoms with van der Waals surface area (Å²) in [7, 11) is 0. The van der Waals surface area contributed by atoms with Gasteiger partial charge in [-0.3, -0.25) is 4.79 Å². The minimum Gasteiger partial charge on any atom is -0.323 e. The second-order valence-electron chi connectivity index (χ2n) is 4.93. The van der Waals surface area contributed by atoms with Crippen molar-refractivity contribution in [2.24, 2.45) is 0 Å². The van der Waals surface area contributed by atoms with E-state index in [9.17, 15) is 4.79 Å². The fourth-order valence-electron chi connectivity index (χ4n) is 2.23. The molecule has 0 atom stereocenters. The van der Waals surface area contributed by atoms with Crippen molar-refractivity contribution in [2.75, 3.05) is 16.8 Å². The van der Waals surface area contributed by atoms with Crippen LogP contribution in [0.1, 0.15) is 15.7 Å². The monoisotopic (exact) mass is 327 g/mol. The van der Waals surface area contributed by atoms with E-state index in [-0.39, 0.29) is 5.91 Å². The van der Waals surface area contributed by atoms with Gasteiger partial charge in [0.2, 0.25) is 5.91 Å². The second kappa shape index (κ2) is 7.56. The third-order valence-corrected chi connectivity index (χ3v) is 6.38. The Morgan fingerprint density at radius 1 is 1.05 bits per heavy atom. The number of amides is 1. The van der Waals surface area contributed by atoms with Crippen LogP contribution < -0.4 is 5.32 Å². The lowest BCUT2D eigenvalue weighted by Gasteiger charge is -2.10. The van der Waals surface area contributed by atoms with Gasteiger partial charge >= 0.3 is 0 Å². The van der Waals surface area contributed by atoms with Gasteiger partial charge in [0.05, 0.1) is 4.58 Å². The van der Waals surface area contributed by atoms with Crippen molar-refractivity contribution in [3.8, 4) is 0 Å². The van der Waals surface area contributed by atoms with Crippen LogP contribution >= 0.6 is 23.5 Å². The van der Waals surface area contributed by atoms with Crippen LogP contribution in [0.4, 0.5) is 5.69 Å². The summed E-state index contributed by atoms with van der Waals surface area (Å²) in [5.74, 6) is 2.30. The number of carbonyl (C=O) groups is 1. The Labute approximate surface area is 139 Å². The average molecular weight is 327 g/mol. The summed E-state index contributed by atoms with van der Waals surface area (Å²) >= 11 is 3.93. The van der Waals surface area contributed by atoms with Gasteiger partial charge in [-0.25, -0.2) is 0 Å². The SMILES string of the molecule is O=C(/C=C/c1ccccc1)Nc1cccc(C2SCCS2)c1. The first-order chi connectivity index (χ1) is 10.8. The lowest BCUT2D eigenvalue weighted by Crippen LogP contribution is -2.07. The fraction of sp³-hybridized carbons (Fsp3) is 0.167. The number of benzene rings is 2. The topological polar surface area (TPSA) is 29.1 Å². The van der Waals surface area contributed by atoms with E-state index >= 15 is 0 Å². The molecule has 2 aromatic rings. The Hall–Kier alpha value is -1.65. The zero-order chi connectivity index (χ0) is 15.2. The van der Waals surface area contributed by atoms with Crippen molar-refractivity contribution in [3.05, 3.63) is 71.8 Å². The van der Waals surface area contributed by atoms with E-state index in [1.165, 1.54) is 17.1 Å². The predicted molar refractivity (Wildman–Crippen MR) is 98.2 cm³/mol. The van der Waals surface area contributed by atoms with Crippen LogP contribution in [-0.2, 0) is 4.79 Å². The van der Waals surface area contributed by atoms with Crippen molar-refractivity contribution >= 4 is 41.2 Å². The molecule has 0 aliphatic carbocycles. The second-order valence-corrected chi connectivity index (χ2v) is 7.66. The third-order valence-electron chi connectivity index (χ3n) is 3.27. The largest absolute Gasteiger partial charge is 0.323 e. The Balaban J connectivity index is 1.64. The highest BCUT2D eigenvalue weighted by molar-refractivity contribution is 8.19. The number of carbonyl (C=O) groups excluding carboxylic acids is 1. The number of anilines is 1. The molecule has 1 saturated heterocycles. The van der Waals surface area contributed by atoms with Crippen LogP contribution in [0.25, 0.3) is 6.08 Å². The molecule has 2 aromatic carbocycles. The molecule has 0 aromatic heterocycles. The van der Waals surface area contributed by atoms with E-state index in [0.717, 1.165) is 11.3 Å². The molecule has 0 radical (unpaired) electrons. The number of nitrogens with one attached hydrogen (secondary N) is 1. The minimum atomic E-state index is -0.104. The number of thioether (sulfide) groups is 2. The highest BCUT2D eigenvalue weighted by Crippen LogP contribution is 2.45. The van der Waals surface area contributed by atoms with E-state index in [1.54, 1.807) is 6.08 Å². The van der Waals surface area contributed by atoms with Gasteiger partial charge in [0, 0.05) is 23.3 Å². The molecule has 1 aliphatic rings. The maximum absolute atomic E-state index is 12.0. The van der Waals surface area contributed by atoms with E-state index in [2.05, 4.69) is 17.4 Å². The lowest BCUT2D eigenvalue weighted by atomic mass is 10.2. The molecule has 3 rings (SSSR count). The van der Waals surface area contributed by atoms with Gasteiger partial charge in [0.15, 0.2) is 0 Å². The van der Waals surface area contributed by atoms with Crippen LogP contribution in [-0.4, -0.2) is 17.4 Å². The molecule has 4 heteroatoms. The van der Waals surface area contributed by atoms with Crippen LogP contribution in [0.2, 0.25) is 0 Å². The first-order valence-electron chi connectivity index (χ1n) is 7.18. The number of rotatable bonds is 4. The third kappa shape index (κ3) is 4.18. The molecule has 1 aliphatic heterocycles. The fourth-order valence-corrected chi connectivity index (χ4v) is 5.07. The summed E-state index contributed by atoms with van der Waals surface area (Å²) in [4.78, 5) is 12.0. The quantitative estimate of drug-likeness (QED) is 0.817. The van der Waals surface area contributed by atoms with Crippen LogP contribution in [0.5, 0.6) is 0 Å². The first-order valence-corrected chi connectivity index (χ1v) is 9.28. The lowest BCUT2D eigenvalue weighted by molar-refractivity contribution is -0.111.